The fraction of sp³-hybridized carbons (Fsp3) is 0.444. The lowest BCUT2D eigenvalue weighted by Crippen LogP contribution is -2.44. The number of fused-ring (bicyclic) bond motifs is 1. The van der Waals surface area contributed by atoms with Crippen LogP contribution in [0, 0.1) is 0 Å². The summed E-state index contributed by atoms with van der Waals surface area (Å²) < 4.78 is 24.2. The Morgan fingerprint density at radius 2 is 1.86 bits per heavy atom. The Morgan fingerprint density at radius 3 is 2.54 bits per heavy atom. The molecule has 1 aromatic heterocycles. The molecule has 198 valence electrons. The largest absolute Gasteiger partial charge is 0.495 e. The summed E-state index contributed by atoms with van der Waals surface area (Å²) in [6.45, 7) is 9.16. The number of anilines is 2. The van der Waals surface area contributed by atoms with E-state index in [4.69, 9.17) is 18.9 Å². The molecule has 0 bridgehead atoms. The van der Waals surface area contributed by atoms with Crippen LogP contribution in [0.25, 0.3) is 10.9 Å². The van der Waals surface area contributed by atoms with Gasteiger partial charge in [-0.15, -0.1) is 0 Å². The van der Waals surface area contributed by atoms with Gasteiger partial charge in [0.2, 0.25) is 0 Å². The average Bonchev–Trinajstić information content (AvgIpc) is 2.84. The van der Waals surface area contributed by atoms with Crippen molar-refractivity contribution in [1.29, 1.82) is 0 Å². The highest BCUT2D eigenvalue weighted by atomic mass is 79.9. The average molecular weight is 573 g/mol. The van der Waals surface area contributed by atoms with E-state index in [1.54, 1.807) is 12.0 Å². The molecule has 1 N–H and O–H groups in total. The van der Waals surface area contributed by atoms with Crippen LogP contribution >= 0.6 is 15.9 Å². The molecule has 2 aromatic carbocycles. The SMILES string of the molecule is CCOc1cc2ncnc(Nc3cc(Br)ccc3OC)c2cc1OC1CCN(C(=O)OC(C)(C)C)CC1. The molecule has 0 spiro atoms. The maximum absolute atomic E-state index is 12.4. The van der Waals surface area contributed by atoms with Gasteiger partial charge in [-0.1, -0.05) is 15.9 Å². The van der Waals surface area contributed by atoms with Crippen molar-refractivity contribution in [3.8, 4) is 17.2 Å². The van der Waals surface area contributed by atoms with Crippen molar-refractivity contribution in [3.05, 3.63) is 41.1 Å². The number of likely N-dealkylation sites (tertiary alicyclic amines) is 1. The van der Waals surface area contributed by atoms with Gasteiger partial charge < -0.3 is 29.2 Å². The summed E-state index contributed by atoms with van der Waals surface area (Å²) in [6.07, 6.45) is 2.53. The summed E-state index contributed by atoms with van der Waals surface area (Å²) in [5.74, 6) is 2.54. The van der Waals surface area contributed by atoms with Crippen molar-refractivity contribution in [2.75, 3.05) is 32.1 Å². The van der Waals surface area contributed by atoms with E-state index in [1.807, 2.05) is 58.0 Å². The molecule has 2 heterocycles. The van der Waals surface area contributed by atoms with E-state index >= 15 is 0 Å². The second-order valence-electron chi connectivity index (χ2n) is 9.73. The van der Waals surface area contributed by atoms with E-state index in [0.717, 1.165) is 21.1 Å². The van der Waals surface area contributed by atoms with E-state index in [0.29, 0.717) is 55.6 Å². The van der Waals surface area contributed by atoms with Gasteiger partial charge in [-0.05, 0) is 52.0 Å². The molecule has 1 aliphatic heterocycles. The lowest BCUT2D eigenvalue weighted by atomic mass is 10.1. The molecular formula is C27H33BrN4O5. The molecule has 37 heavy (non-hydrogen) atoms. The molecule has 0 aliphatic carbocycles. The third-order valence-corrected chi connectivity index (χ3v) is 6.30. The van der Waals surface area contributed by atoms with Crippen molar-refractivity contribution in [3.63, 3.8) is 0 Å². The maximum atomic E-state index is 12.4. The van der Waals surface area contributed by atoms with E-state index in [9.17, 15) is 4.79 Å². The second-order valence-corrected chi connectivity index (χ2v) is 10.6. The standard InChI is InChI=1S/C27H33BrN4O5/c1-6-35-23-15-20-19(25(30-16-29-20)31-21-13-17(28)7-8-22(21)34-5)14-24(23)36-18-9-11-32(12-10-18)26(33)37-27(2,3)4/h7-8,13-16,18H,6,9-12H2,1-5H3,(H,29,30,31). The number of aromatic nitrogens is 2. The number of ether oxygens (including phenoxy) is 4. The van der Waals surface area contributed by atoms with Gasteiger partial charge in [-0.2, -0.15) is 0 Å². The zero-order chi connectivity index (χ0) is 26.6. The number of nitrogens with zero attached hydrogens (tertiary/aromatic N) is 3. The lowest BCUT2D eigenvalue weighted by Gasteiger charge is -2.33. The molecule has 1 saturated heterocycles. The zero-order valence-corrected chi connectivity index (χ0v) is 23.4. The minimum Gasteiger partial charge on any atom is -0.495 e. The fourth-order valence-electron chi connectivity index (χ4n) is 4.09. The molecule has 1 aliphatic rings. The number of nitrogens with one attached hydrogen (secondary N) is 1. The third-order valence-electron chi connectivity index (χ3n) is 5.80. The Balaban J connectivity index is 1.57. The number of halogens is 1. The number of methoxy groups -OCH3 is 1. The van der Waals surface area contributed by atoms with Gasteiger partial charge >= 0.3 is 6.09 Å². The van der Waals surface area contributed by atoms with Crippen LogP contribution in [0.4, 0.5) is 16.3 Å². The van der Waals surface area contributed by atoms with E-state index in [-0.39, 0.29) is 12.2 Å². The number of carbonyl (C=O) groups is 1. The highest BCUT2D eigenvalue weighted by Crippen LogP contribution is 2.38. The van der Waals surface area contributed by atoms with Crippen LogP contribution < -0.4 is 19.5 Å². The summed E-state index contributed by atoms with van der Waals surface area (Å²) >= 11 is 3.51. The number of benzene rings is 2. The van der Waals surface area contributed by atoms with Crippen LogP contribution in [0.2, 0.25) is 0 Å². The summed E-state index contributed by atoms with van der Waals surface area (Å²) in [7, 11) is 1.63. The molecule has 1 amide bonds. The molecule has 9 nitrogen and oxygen atoms in total. The van der Waals surface area contributed by atoms with Gasteiger partial charge in [0.05, 0.1) is 24.9 Å². The zero-order valence-electron chi connectivity index (χ0n) is 21.8. The number of hydrogen-bond donors (Lipinski definition) is 1. The number of amides is 1. The van der Waals surface area contributed by atoms with Gasteiger partial charge in [0.15, 0.2) is 11.5 Å². The quantitative estimate of drug-likeness (QED) is 0.351. The van der Waals surface area contributed by atoms with Gasteiger partial charge in [0.25, 0.3) is 0 Å². The Labute approximate surface area is 225 Å². The molecular weight excluding hydrogens is 540 g/mol. The van der Waals surface area contributed by atoms with Gasteiger partial charge in [-0.25, -0.2) is 14.8 Å². The van der Waals surface area contributed by atoms with Crippen molar-refractivity contribution in [2.45, 2.75) is 52.2 Å². The van der Waals surface area contributed by atoms with Crippen LogP contribution in [0.1, 0.15) is 40.5 Å². The third kappa shape index (κ3) is 6.74. The number of carbonyl (C=O) groups excluding carboxylic acids is 1. The fourth-order valence-corrected chi connectivity index (χ4v) is 4.45. The molecule has 0 atom stereocenters. The summed E-state index contributed by atoms with van der Waals surface area (Å²) in [5.41, 5.74) is 0.972. The van der Waals surface area contributed by atoms with Gasteiger partial charge in [0, 0.05) is 41.9 Å². The second kappa shape index (κ2) is 11.4. The first-order valence-corrected chi connectivity index (χ1v) is 13.1. The first-order valence-electron chi connectivity index (χ1n) is 12.3. The predicted molar refractivity (Wildman–Crippen MR) is 146 cm³/mol. The predicted octanol–water partition coefficient (Wildman–Crippen LogP) is 6.32. The lowest BCUT2D eigenvalue weighted by molar-refractivity contribution is 0.0124. The Kier molecular flexibility index (Phi) is 8.26. The molecule has 0 radical (unpaired) electrons. The summed E-state index contributed by atoms with van der Waals surface area (Å²) in [4.78, 5) is 23.1. The first kappa shape index (κ1) is 26.8. The molecule has 0 saturated carbocycles. The van der Waals surface area contributed by atoms with Crippen molar-refractivity contribution >= 4 is 44.4 Å². The Bertz CT molecular complexity index is 1260. The highest BCUT2D eigenvalue weighted by Gasteiger charge is 2.28. The summed E-state index contributed by atoms with van der Waals surface area (Å²) in [6, 6.07) is 9.50. The normalized spacial score (nSPS) is 14.4. The van der Waals surface area contributed by atoms with E-state index in [1.165, 1.54) is 6.33 Å². The molecule has 4 rings (SSSR count). The monoisotopic (exact) mass is 572 g/mol. The number of piperidine rings is 1. The van der Waals surface area contributed by atoms with Crippen LogP contribution in [-0.2, 0) is 4.74 Å². The van der Waals surface area contributed by atoms with E-state index in [2.05, 4.69) is 31.2 Å². The van der Waals surface area contributed by atoms with Crippen LogP contribution in [0.15, 0.2) is 41.1 Å². The van der Waals surface area contributed by atoms with Crippen molar-refractivity contribution < 1.29 is 23.7 Å². The molecule has 1 fully saturated rings. The maximum Gasteiger partial charge on any atom is 0.410 e. The number of rotatable bonds is 7. The molecule has 10 heteroatoms. The topological polar surface area (TPSA) is 95.0 Å². The Hall–Kier alpha value is -3.27. The highest BCUT2D eigenvalue weighted by molar-refractivity contribution is 9.10. The van der Waals surface area contributed by atoms with Crippen LogP contribution in [-0.4, -0.2) is 59.5 Å². The minimum absolute atomic E-state index is 0.0680. The smallest absolute Gasteiger partial charge is 0.410 e. The van der Waals surface area contributed by atoms with Crippen molar-refractivity contribution in [1.82, 2.24) is 14.9 Å². The van der Waals surface area contributed by atoms with Crippen LogP contribution in [0.3, 0.4) is 0 Å². The Morgan fingerprint density at radius 1 is 1.11 bits per heavy atom. The van der Waals surface area contributed by atoms with Gasteiger partial charge in [0.1, 0.15) is 29.6 Å². The summed E-state index contributed by atoms with van der Waals surface area (Å²) in [5, 5.41) is 4.15. The molecule has 3 aromatic rings. The number of hydrogen-bond acceptors (Lipinski definition) is 8. The van der Waals surface area contributed by atoms with Crippen LogP contribution in [0.5, 0.6) is 17.2 Å². The first-order chi connectivity index (χ1) is 17.7. The minimum atomic E-state index is -0.518. The molecule has 0 unspecified atom stereocenters. The van der Waals surface area contributed by atoms with Crippen molar-refractivity contribution in [2.24, 2.45) is 0 Å². The van der Waals surface area contributed by atoms with E-state index < -0.39 is 5.60 Å². The van der Waals surface area contributed by atoms with Gasteiger partial charge in [-0.3, -0.25) is 0 Å².